The van der Waals surface area contributed by atoms with E-state index in [1.54, 1.807) is 0 Å². The lowest BCUT2D eigenvalue weighted by Crippen LogP contribution is -2.34. The van der Waals surface area contributed by atoms with Crippen molar-refractivity contribution in [3.05, 3.63) is 0 Å². The summed E-state index contributed by atoms with van der Waals surface area (Å²) >= 11 is 0. The van der Waals surface area contributed by atoms with Gasteiger partial charge in [-0.1, -0.05) is 0 Å². The number of alkyl halides is 2. The third-order valence-corrected chi connectivity index (χ3v) is 1.05. The van der Waals surface area contributed by atoms with Crippen molar-refractivity contribution < 1.29 is 28.2 Å². The zero-order valence-electron chi connectivity index (χ0n) is 6.34. The molecule has 0 amide bonds. The third kappa shape index (κ3) is 3.38. The molecule has 0 aromatic carbocycles. The standard InChI is InChI=1S/C6H8F2O4/c1-12-3-6(7,8)4(9)2-5(10)11/h2-3H2,1H3,(H,10,11). The van der Waals surface area contributed by atoms with Crippen LogP contribution in [-0.4, -0.2) is 36.5 Å². The van der Waals surface area contributed by atoms with Gasteiger partial charge in [-0.15, -0.1) is 0 Å². The molecular weight excluding hydrogens is 174 g/mol. The molecule has 0 aliphatic carbocycles. The van der Waals surface area contributed by atoms with Crippen molar-refractivity contribution in [3.63, 3.8) is 0 Å². The number of Topliss-reactive ketones (excluding diaryl/α,β-unsaturated/α-hetero) is 1. The maximum atomic E-state index is 12.4. The summed E-state index contributed by atoms with van der Waals surface area (Å²) in [6, 6.07) is 0. The Bertz CT molecular complexity index is 190. The number of halogens is 2. The predicted molar refractivity (Wildman–Crippen MR) is 34.1 cm³/mol. The molecule has 6 heteroatoms. The third-order valence-electron chi connectivity index (χ3n) is 1.05. The number of carbonyl (C=O) groups is 2. The van der Waals surface area contributed by atoms with E-state index in [1.807, 2.05) is 0 Å². The molecule has 0 aliphatic heterocycles. The molecule has 0 aromatic heterocycles. The normalized spacial score (nSPS) is 11.2. The van der Waals surface area contributed by atoms with E-state index in [9.17, 15) is 18.4 Å². The van der Waals surface area contributed by atoms with Crippen LogP contribution in [0.15, 0.2) is 0 Å². The highest BCUT2D eigenvalue weighted by Gasteiger charge is 2.39. The molecule has 12 heavy (non-hydrogen) atoms. The fourth-order valence-electron chi connectivity index (χ4n) is 0.528. The number of carbonyl (C=O) groups excluding carboxylic acids is 1. The maximum absolute atomic E-state index is 12.4. The van der Waals surface area contributed by atoms with Crippen LogP contribution < -0.4 is 0 Å². The van der Waals surface area contributed by atoms with Crippen molar-refractivity contribution in [2.24, 2.45) is 0 Å². The van der Waals surface area contributed by atoms with Gasteiger partial charge in [0, 0.05) is 7.11 Å². The number of ketones is 1. The zero-order chi connectivity index (χ0) is 9.78. The van der Waals surface area contributed by atoms with Crippen LogP contribution >= 0.6 is 0 Å². The van der Waals surface area contributed by atoms with Crippen LogP contribution in [0.2, 0.25) is 0 Å². The van der Waals surface area contributed by atoms with Crippen molar-refractivity contribution in [2.75, 3.05) is 13.7 Å². The number of hydrogen-bond acceptors (Lipinski definition) is 3. The maximum Gasteiger partial charge on any atom is 0.328 e. The molecule has 0 rings (SSSR count). The van der Waals surface area contributed by atoms with E-state index >= 15 is 0 Å². The summed E-state index contributed by atoms with van der Waals surface area (Å²) in [5.74, 6) is -6.92. The molecule has 0 aromatic rings. The second kappa shape index (κ2) is 4.10. The van der Waals surface area contributed by atoms with Crippen LogP contribution in [0.3, 0.4) is 0 Å². The summed E-state index contributed by atoms with van der Waals surface area (Å²) in [6.45, 7) is -1.08. The Kier molecular flexibility index (Phi) is 3.75. The molecule has 70 valence electrons. The zero-order valence-corrected chi connectivity index (χ0v) is 6.34. The van der Waals surface area contributed by atoms with Gasteiger partial charge in [-0.05, 0) is 0 Å². The van der Waals surface area contributed by atoms with Gasteiger partial charge < -0.3 is 9.84 Å². The Morgan fingerprint density at radius 3 is 2.33 bits per heavy atom. The average Bonchev–Trinajstić information content (AvgIpc) is 1.85. The molecule has 0 spiro atoms. The summed E-state index contributed by atoms with van der Waals surface area (Å²) in [5, 5.41) is 8.02. The second-order valence-corrected chi connectivity index (χ2v) is 2.13. The highest BCUT2D eigenvalue weighted by atomic mass is 19.3. The van der Waals surface area contributed by atoms with Gasteiger partial charge in [-0.25, -0.2) is 0 Å². The van der Waals surface area contributed by atoms with Gasteiger partial charge >= 0.3 is 11.9 Å². The number of rotatable bonds is 5. The first kappa shape index (κ1) is 11.0. The molecule has 0 radical (unpaired) electrons. The van der Waals surface area contributed by atoms with E-state index in [1.165, 1.54) is 0 Å². The number of carboxylic acids is 1. The van der Waals surface area contributed by atoms with Crippen molar-refractivity contribution >= 4 is 11.8 Å². The predicted octanol–water partition coefficient (Wildman–Crippen LogP) is 0.312. The monoisotopic (exact) mass is 182 g/mol. The van der Waals surface area contributed by atoms with Gasteiger partial charge in [0.05, 0.1) is 0 Å². The molecular formula is C6H8F2O4. The summed E-state index contributed by atoms with van der Waals surface area (Å²) in [4.78, 5) is 20.3. The summed E-state index contributed by atoms with van der Waals surface area (Å²) < 4.78 is 28.9. The molecule has 1 N–H and O–H groups in total. The van der Waals surface area contributed by atoms with Crippen LogP contribution in [0.25, 0.3) is 0 Å². The minimum atomic E-state index is -3.70. The van der Waals surface area contributed by atoms with Crippen LogP contribution in [0.1, 0.15) is 6.42 Å². The minimum Gasteiger partial charge on any atom is -0.481 e. The molecule has 0 saturated carbocycles. The van der Waals surface area contributed by atoms with Crippen LogP contribution in [0.4, 0.5) is 8.78 Å². The Balaban J connectivity index is 4.15. The van der Waals surface area contributed by atoms with Gasteiger partial charge in [0.1, 0.15) is 13.0 Å². The van der Waals surface area contributed by atoms with E-state index < -0.39 is 30.7 Å². The first-order valence-corrected chi connectivity index (χ1v) is 3.02. The van der Waals surface area contributed by atoms with E-state index in [4.69, 9.17) is 5.11 Å². The van der Waals surface area contributed by atoms with E-state index in [2.05, 4.69) is 4.74 Å². The van der Waals surface area contributed by atoms with Crippen LogP contribution in [0, 0.1) is 0 Å². The van der Waals surface area contributed by atoms with Crippen molar-refractivity contribution in [1.29, 1.82) is 0 Å². The smallest absolute Gasteiger partial charge is 0.328 e. The lowest BCUT2D eigenvalue weighted by atomic mass is 10.2. The fourth-order valence-corrected chi connectivity index (χ4v) is 0.528. The SMILES string of the molecule is COCC(F)(F)C(=O)CC(=O)O. The van der Waals surface area contributed by atoms with Gasteiger partial charge in [-0.2, -0.15) is 8.78 Å². The Labute approximate surface area is 67.1 Å². The van der Waals surface area contributed by atoms with Crippen molar-refractivity contribution in [1.82, 2.24) is 0 Å². The first-order chi connectivity index (χ1) is 5.40. The number of hydrogen-bond donors (Lipinski definition) is 1. The van der Waals surface area contributed by atoms with E-state index in [0.717, 1.165) is 7.11 Å². The first-order valence-electron chi connectivity index (χ1n) is 3.02. The number of methoxy groups -OCH3 is 1. The highest BCUT2D eigenvalue weighted by Crippen LogP contribution is 2.16. The molecule has 0 unspecified atom stereocenters. The quantitative estimate of drug-likeness (QED) is 0.621. The largest absolute Gasteiger partial charge is 0.481 e. The molecule has 0 bridgehead atoms. The molecule has 0 heterocycles. The van der Waals surface area contributed by atoms with E-state index in [-0.39, 0.29) is 0 Å². The number of aliphatic carboxylic acids is 1. The number of ether oxygens (including phenoxy) is 1. The molecule has 0 fully saturated rings. The van der Waals surface area contributed by atoms with Crippen LogP contribution in [0.5, 0.6) is 0 Å². The Hall–Kier alpha value is -1.04. The van der Waals surface area contributed by atoms with Crippen molar-refractivity contribution in [2.45, 2.75) is 12.3 Å². The number of carboxylic acid groups (broad SMARTS) is 1. The minimum absolute atomic E-state index is 1.00. The Morgan fingerprint density at radius 1 is 1.50 bits per heavy atom. The lowest BCUT2D eigenvalue weighted by Gasteiger charge is -2.11. The summed E-state index contributed by atoms with van der Waals surface area (Å²) in [6.07, 6.45) is -1.18. The summed E-state index contributed by atoms with van der Waals surface area (Å²) in [5.41, 5.74) is 0. The Morgan fingerprint density at radius 2 is 2.00 bits per heavy atom. The summed E-state index contributed by atoms with van der Waals surface area (Å²) in [7, 11) is 1.00. The van der Waals surface area contributed by atoms with Crippen molar-refractivity contribution in [3.8, 4) is 0 Å². The molecule has 0 atom stereocenters. The van der Waals surface area contributed by atoms with Gasteiger partial charge in [0.2, 0.25) is 5.78 Å². The molecule has 4 nitrogen and oxygen atoms in total. The lowest BCUT2D eigenvalue weighted by molar-refractivity contribution is -0.155. The average molecular weight is 182 g/mol. The van der Waals surface area contributed by atoms with E-state index in [0.29, 0.717) is 0 Å². The molecule has 0 saturated heterocycles. The van der Waals surface area contributed by atoms with Gasteiger partial charge in [0.15, 0.2) is 0 Å². The fraction of sp³-hybridized carbons (Fsp3) is 0.667. The second-order valence-electron chi connectivity index (χ2n) is 2.13. The highest BCUT2D eigenvalue weighted by molar-refractivity contribution is 5.98. The van der Waals surface area contributed by atoms with Gasteiger partial charge in [0.25, 0.3) is 0 Å². The topological polar surface area (TPSA) is 63.6 Å². The van der Waals surface area contributed by atoms with Crippen LogP contribution in [-0.2, 0) is 14.3 Å². The van der Waals surface area contributed by atoms with Gasteiger partial charge in [-0.3, -0.25) is 9.59 Å². The molecule has 0 aliphatic rings.